The molecule has 6 aromatic heterocycles. The van der Waals surface area contributed by atoms with Gasteiger partial charge in [-0.3, -0.25) is 14.2 Å². The topological polar surface area (TPSA) is 261 Å². The SMILES string of the molecule is C.COc1cc2nc(N)n3nc(C4CCC(C)N(c5cnn(C(C)C(C)(C)O)c5)C4)nc3c2cc1F.COc1ccc(CNc2nc3cc(OC)c(F)cc3c3nc(C4CCC(C)N(c5cnn(C(C)C(C)(C)O)c5)C4)nn23)c(OC)c1.O=CC(F)(F)F. The van der Waals surface area contributed by atoms with Crippen LogP contribution in [0, 0.1) is 11.6 Å². The summed E-state index contributed by atoms with van der Waals surface area (Å²) in [6.45, 7) is 17.2. The summed E-state index contributed by atoms with van der Waals surface area (Å²) in [4.78, 5) is 32.3. The molecule has 2 aliphatic heterocycles. The molecular formula is C60H77F5N16O7. The molecule has 2 fully saturated rings. The van der Waals surface area contributed by atoms with Crippen molar-refractivity contribution in [3.8, 4) is 23.0 Å². The second-order valence-electron chi connectivity index (χ2n) is 23.1. The Morgan fingerprint density at radius 2 is 1.12 bits per heavy atom. The molecule has 2 aliphatic rings. The van der Waals surface area contributed by atoms with Crippen LogP contribution in [-0.4, -0.2) is 146 Å². The highest BCUT2D eigenvalue weighted by atomic mass is 19.4. The number of halogens is 5. The summed E-state index contributed by atoms with van der Waals surface area (Å²) in [5.74, 6) is 2.58. The lowest BCUT2D eigenvalue weighted by molar-refractivity contribution is -0.156. The number of anilines is 4. The predicted octanol–water partition coefficient (Wildman–Crippen LogP) is 10.0. The van der Waals surface area contributed by atoms with E-state index in [0.29, 0.717) is 87.9 Å². The van der Waals surface area contributed by atoms with E-state index in [9.17, 15) is 32.2 Å². The maximum absolute atomic E-state index is 15.0. The number of hydrogen-bond donors (Lipinski definition) is 4. The van der Waals surface area contributed by atoms with E-state index in [2.05, 4.69) is 49.2 Å². The lowest BCUT2D eigenvalue weighted by Gasteiger charge is -2.38. The largest absolute Gasteiger partial charge is 0.497 e. The Labute approximate surface area is 505 Å². The molecule has 0 spiro atoms. The molecule has 5 N–H and O–H groups in total. The molecule has 88 heavy (non-hydrogen) atoms. The van der Waals surface area contributed by atoms with Crippen molar-refractivity contribution in [2.45, 2.75) is 148 Å². The van der Waals surface area contributed by atoms with Gasteiger partial charge in [0.1, 0.15) is 11.5 Å². The van der Waals surface area contributed by atoms with Gasteiger partial charge in [0, 0.05) is 90.5 Å². The molecule has 23 nitrogen and oxygen atoms in total. The molecule has 474 valence electrons. The van der Waals surface area contributed by atoms with Crippen LogP contribution in [0.5, 0.6) is 23.0 Å². The van der Waals surface area contributed by atoms with Crippen LogP contribution in [-0.2, 0) is 11.3 Å². The summed E-state index contributed by atoms with van der Waals surface area (Å²) in [7, 11) is 6.06. The zero-order valence-electron chi connectivity index (χ0n) is 50.5. The molecule has 0 amide bonds. The molecule has 28 heteroatoms. The molecule has 6 unspecified atom stereocenters. The van der Waals surface area contributed by atoms with Crippen molar-refractivity contribution in [1.29, 1.82) is 0 Å². The number of aromatic nitrogens is 12. The number of carbonyl (C=O) groups is 1. The number of fused-ring (bicyclic) bond motifs is 6. The molecule has 3 aromatic carbocycles. The van der Waals surface area contributed by atoms with Gasteiger partial charge in [0.2, 0.25) is 18.2 Å². The molecule has 0 aliphatic carbocycles. The summed E-state index contributed by atoms with van der Waals surface area (Å²) in [6, 6.07) is 11.7. The van der Waals surface area contributed by atoms with Crippen LogP contribution in [0.4, 0.5) is 45.2 Å². The Bertz CT molecular complexity index is 3910. The van der Waals surface area contributed by atoms with Crippen LogP contribution < -0.4 is 39.8 Å². The van der Waals surface area contributed by atoms with Crippen LogP contribution in [0.3, 0.4) is 0 Å². The highest BCUT2D eigenvalue weighted by Gasteiger charge is 2.35. The first kappa shape index (κ1) is 65.3. The second-order valence-corrected chi connectivity index (χ2v) is 23.1. The molecule has 8 heterocycles. The fraction of sp³-hybridized carbons (Fsp3) is 0.483. The Morgan fingerprint density at radius 3 is 1.57 bits per heavy atom. The monoisotopic (exact) mass is 1230 g/mol. The van der Waals surface area contributed by atoms with Gasteiger partial charge in [0.25, 0.3) is 0 Å². The molecule has 6 atom stereocenters. The van der Waals surface area contributed by atoms with E-state index in [1.54, 1.807) is 57.2 Å². The van der Waals surface area contributed by atoms with Crippen molar-refractivity contribution >= 4 is 62.7 Å². The molecule has 0 saturated carbocycles. The first-order valence-electron chi connectivity index (χ1n) is 28.3. The number of alkyl halides is 3. The van der Waals surface area contributed by atoms with Gasteiger partial charge in [0.15, 0.2) is 46.1 Å². The van der Waals surface area contributed by atoms with E-state index in [1.807, 2.05) is 61.5 Å². The highest BCUT2D eigenvalue weighted by Crippen LogP contribution is 2.38. The highest BCUT2D eigenvalue weighted by molar-refractivity contribution is 5.94. The van der Waals surface area contributed by atoms with Crippen molar-refractivity contribution in [1.82, 2.24) is 58.7 Å². The number of nitrogens with two attached hydrogens (primary N) is 1. The number of nitrogen functional groups attached to an aromatic ring is 1. The fourth-order valence-electron chi connectivity index (χ4n) is 10.6. The maximum atomic E-state index is 15.0. The van der Waals surface area contributed by atoms with Crippen molar-refractivity contribution < 1.29 is 55.9 Å². The number of carbonyl (C=O) groups excluding carboxylic acids is 1. The molecule has 0 radical (unpaired) electrons. The predicted molar refractivity (Wildman–Crippen MR) is 324 cm³/mol. The third-order valence-corrected chi connectivity index (χ3v) is 16.4. The van der Waals surface area contributed by atoms with E-state index in [4.69, 9.17) is 49.5 Å². The summed E-state index contributed by atoms with van der Waals surface area (Å²) in [5, 5.41) is 44.0. The van der Waals surface area contributed by atoms with Gasteiger partial charge in [-0.05, 0) is 105 Å². The van der Waals surface area contributed by atoms with Gasteiger partial charge < -0.3 is 50.0 Å². The lowest BCUT2D eigenvalue weighted by Crippen LogP contribution is -2.41. The van der Waals surface area contributed by atoms with E-state index >= 15 is 0 Å². The van der Waals surface area contributed by atoms with E-state index in [0.717, 1.165) is 42.6 Å². The molecule has 9 aromatic rings. The Kier molecular flexibility index (Phi) is 19.3. The molecule has 2 saturated heterocycles. The van der Waals surface area contributed by atoms with Gasteiger partial charge in [-0.1, -0.05) is 7.43 Å². The lowest BCUT2D eigenvalue weighted by atomic mass is 9.92. The smallest absolute Gasteiger partial charge is 0.446 e. The second kappa shape index (κ2) is 26.0. The van der Waals surface area contributed by atoms with Crippen LogP contribution >= 0.6 is 0 Å². The first-order chi connectivity index (χ1) is 41.1. The maximum Gasteiger partial charge on any atom is 0.446 e. The minimum absolute atomic E-state index is 0. The fourth-order valence-corrected chi connectivity index (χ4v) is 10.6. The zero-order chi connectivity index (χ0) is 63.0. The number of methoxy groups -OCH3 is 4. The summed E-state index contributed by atoms with van der Waals surface area (Å²) in [5.41, 5.74) is 9.24. The number of aldehydes is 1. The Hall–Kier alpha value is -8.66. The summed E-state index contributed by atoms with van der Waals surface area (Å²) >= 11 is 0. The third-order valence-electron chi connectivity index (χ3n) is 16.4. The van der Waals surface area contributed by atoms with Crippen LogP contribution in [0.2, 0.25) is 0 Å². The van der Waals surface area contributed by atoms with E-state index in [1.165, 1.54) is 36.9 Å². The number of hydrogen-bond acceptors (Lipinski definition) is 19. The average Bonchev–Trinajstić information content (AvgIpc) is 2.08. The number of ether oxygens (including phenoxy) is 4. The van der Waals surface area contributed by atoms with Gasteiger partial charge in [-0.15, -0.1) is 10.2 Å². The number of rotatable bonds is 15. The Balaban J connectivity index is 0.000000212. The number of nitrogens with one attached hydrogen (secondary N) is 1. The van der Waals surface area contributed by atoms with Crippen LogP contribution in [0.25, 0.3) is 33.1 Å². The Morgan fingerprint density at radius 1 is 0.670 bits per heavy atom. The number of benzene rings is 3. The van der Waals surface area contributed by atoms with Crippen molar-refractivity contribution in [2.24, 2.45) is 0 Å². The summed E-state index contributed by atoms with van der Waals surface area (Å²) < 4.78 is 88.7. The van der Waals surface area contributed by atoms with Crippen molar-refractivity contribution in [2.75, 3.05) is 62.4 Å². The standard InChI is InChI=1S/C33H41FN8O4.C24H31FN8O2.C2HF3O.CH4/c1-19-8-9-22(17-40(19)23-16-36-41(18-23)20(2)33(3,4)43)30-38-31-25-13-26(34)29(46-7)14-27(25)37-32(42(31)39-30)35-15-21-10-11-24(44-5)12-28(21)45-6;1-13-6-7-15(11-31(13)16-10-27-32(12-16)14(2)24(3,4)34)21-29-22-17-8-18(25)20(35-5)9-19(17)28-23(26)33(22)30-21;3-2(4,5)1-6;/h10-14,16,18-20,22,43H,8-9,15,17H2,1-7H3,(H,35,37);8-10,12-15,34H,6-7,11H2,1-5H3,(H2,26,28);1H;1H4. The molecule has 11 rings (SSSR count). The average molecular weight is 1230 g/mol. The van der Waals surface area contributed by atoms with Gasteiger partial charge in [-0.2, -0.15) is 32.4 Å². The number of nitrogens with zero attached hydrogens (tertiary/aromatic N) is 14. The number of piperidine rings is 2. The molecular weight excluding hydrogens is 1150 g/mol. The van der Waals surface area contributed by atoms with Gasteiger partial charge >= 0.3 is 6.18 Å². The number of aliphatic hydroxyl groups is 2. The van der Waals surface area contributed by atoms with Crippen LogP contribution in [0.1, 0.15) is 130 Å². The van der Waals surface area contributed by atoms with E-state index < -0.39 is 35.3 Å². The van der Waals surface area contributed by atoms with E-state index in [-0.39, 0.29) is 54.8 Å². The van der Waals surface area contributed by atoms with Gasteiger partial charge in [0.05, 0.1) is 86.5 Å². The summed E-state index contributed by atoms with van der Waals surface area (Å²) in [6.07, 6.45) is 5.63. The van der Waals surface area contributed by atoms with Crippen LogP contribution in [0.15, 0.2) is 67.3 Å². The minimum atomic E-state index is -4.64. The van der Waals surface area contributed by atoms with Gasteiger partial charge in [-0.25, -0.2) is 28.7 Å². The zero-order valence-corrected chi connectivity index (χ0v) is 50.5. The minimum Gasteiger partial charge on any atom is -0.497 e. The van der Waals surface area contributed by atoms with Crippen molar-refractivity contribution in [3.63, 3.8) is 0 Å². The normalized spacial score (nSPS) is 18.0. The molecule has 0 bridgehead atoms. The first-order valence-corrected chi connectivity index (χ1v) is 28.3. The quantitative estimate of drug-likeness (QED) is 0.0549. The third kappa shape index (κ3) is 13.9. The van der Waals surface area contributed by atoms with Crippen molar-refractivity contribution in [3.05, 3.63) is 96.1 Å².